The Balaban J connectivity index is 1.67. The zero-order chi connectivity index (χ0) is 14.8. The Kier molecular flexibility index (Phi) is 4.22. The van der Waals surface area contributed by atoms with Crippen molar-refractivity contribution in [1.82, 2.24) is 4.90 Å². The van der Waals surface area contributed by atoms with E-state index < -0.39 is 6.10 Å². The predicted molar refractivity (Wildman–Crippen MR) is 75.1 cm³/mol. The van der Waals surface area contributed by atoms with Gasteiger partial charge in [0, 0.05) is 12.6 Å². The SMILES string of the molecule is O=C(C1CCCO1)N(CC(O)c1ccc(F)cc1)C1CC1. The molecule has 1 saturated heterocycles. The van der Waals surface area contributed by atoms with Gasteiger partial charge in [-0.15, -0.1) is 0 Å². The van der Waals surface area contributed by atoms with Crippen LogP contribution in [0.4, 0.5) is 4.39 Å². The highest BCUT2D eigenvalue weighted by atomic mass is 19.1. The molecule has 0 radical (unpaired) electrons. The van der Waals surface area contributed by atoms with Gasteiger partial charge in [0.25, 0.3) is 5.91 Å². The van der Waals surface area contributed by atoms with E-state index in [0.717, 1.165) is 25.7 Å². The number of hydrogen-bond acceptors (Lipinski definition) is 3. The second kappa shape index (κ2) is 6.12. The van der Waals surface area contributed by atoms with Crippen LogP contribution in [0.3, 0.4) is 0 Å². The molecule has 5 heteroatoms. The van der Waals surface area contributed by atoms with Crippen molar-refractivity contribution in [2.24, 2.45) is 0 Å². The lowest BCUT2D eigenvalue weighted by atomic mass is 10.1. The van der Waals surface area contributed by atoms with Gasteiger partial charge in [-0.05, 0) is 43.4 Å². The highest BCUT2D eigenvalue weighted by Crippen LogP contribution is 2.31. The van der Waals surface area contributed by atoms with Crippen molar-refractivity contribution in [2.45, 2.75) is 43.9 Å². The molecule has 1 saturated carbocycles. The molecule has 2 unspecified atom stereocenters. The molecule has 21 heavy (non-hydrogen) atoms. The van der Waals surface area contributed by atoms with Crippen LogP contribution in [0, 0.1) is 5.82 Å². The van der Waals surface area contributed by atoms with E-state index in [1.165, 1.54) is 12.1 Å². The molecule has 114 valence electrons. The van der Waals surface area contributed by atoms with Crippen LogP contribution in [-0.4, -0.2) is 41.2 Å². The topological polar surface area (TPSA) is 49.8 Å². The lowest BCUT2D eigenvalue weighted by molar-refractivity contribution is -0.143. The van der Waals surface area contributed by atoms with Crippen molar-refractivity contribution >= 4 is 5.91 Å². The third kappa shape index (κ3) is 3.41. The maximum absolute atomic E-state index is 12.9. The van der Waals surface area contributed by atoms with Crippen LogP contribution in [0.2, 0.25) is 0 Å². The molecule has 0 bridgehead atoms. The van der Waals surface area contributed by atoms with Crippen molar-refractivity contribution in [3.63, 3.8) is 0 Å². The summed E-state index contributed by atoms with van der Waals surface area (Å²) >= 11 is 0. The minimum Gasteiger partial charge on any atom is -0.387 e. The maximum Gasteiger partial charge on any atom is 0.252 e. The summed E-state index contributed by atoms with van der Waals surface area (Å²) in [5.74, 6) is -0.350. The zero-order valence-electron chi connectivity index (χ0n) is 11.9. The van der Waals surface area contributed by atoms with Gasteiger partial charge in [-0.3, -0.25) is 4.79 Å². The smallest absolute Gasteiger partial charge is 0.252 e. The van der Waals surface area contributed by atoms with E-state index in [-0.39, 0.29) is 30.4 Å². The molecule has 2 fully saturated rings. The summed E-state index contributed by atoms with van der Waals surface area (Å²) < 4.78 is 18.4. The molecule has 2 aliphatic rings. The van der Waals surface area contributed by atoms with Crippen LogP contribution in [0.25, 0.3) is 0 Å². The summed E-state index contributed by atoms with van der Waals surface area (Å²) in [7, 11) is 0. The second-order valence-corrected chi connectivity index (χ2v) is 5.79. The first-order chi connectivity index (χ1) is 10.1. The van der Waals surface area contributed by atoms with Crippen molar-refractivity contribution in [3.8, 4) is 0 Å². The number of amides is 1. The van der Waals surface area contributed by atoms with E-state index >= 15 is 0 Å². The van der Waals surface area contributed by atoms with Crippen LogP contribution in [-0.2, 0) is 9.53 Å². The van der Waals surface area contributed by atoms with Crippen molar-refractivity contribution in [3.05, 3.63) is 35.6 Å². The molecule has 1 N–H and O–H groups in total. The van der Waals surface area contributed by atoms with Gasteiger partial charge >= 0.3 is 0 Å². The minimum absolute atomic E-state index is 0.0174. The molecule has 0 aromatic heterocycles. The number of hydrogen-bond donors (Lipinski definition) is 1. The van der Waals surface area contributed by atoms with Gasteiger partial charge in [-0.1, -0.05) is 12.1 Å². The fraction of sp³-hybridized carbons (Fsp3) is 0.562. The van der Waals surface area contributed by atoms with E-state index in [0.29, 0.717) is 12.2 Å². The minimum atomic E-state index is -0.795. The molecule has 3 rings (SSSR count). The number of benzene rings is 1. The zero-order valence-corrected chi connectivity index (χ0v) is 11.9. The molecule has 1 aromatic carbocycles. The number of ether oxygens (including phenoxy) is 1. The van der Waals surface area contributed by atoms with E-state index in [1.54, 1.807) is 17.0 Å². The first-order valence-corrected chi connectivity index (χ1v) is 7.51. The monoisotopic (exact) mass is 293 g/mol. The average Bonchev–Trinajstić information content (AvgIpc) is 3.18. The van der Waals surface area contributed by atoms with Gasteiger partial charge in [0.1, 0.15) is 11.9 Å². The van der Waals surface area contributed by atoms with E-state index in [1.807, 2.05) is 0 Å². The normalized spacial score (nSPS) is 23.0. The van der Waals surface area contributed by atoms with Crippen molar-refractivity contribution in [1.29, 1.82) is 0 Å². The first-order valence-electron chi connectivity index (χ1n) is 7.51. The Morgan fingerprint density at radius 2 is 2.05 bits per heavy atom. The Bertz CT molecular complexity index is 495. The molecule has 1 aliphatic heterocycles. The van der Waals surface area contributed by atoms with Gasteiger partial charge in [-0.2, -0.15) is 0 Å². The Hall–Kier alpha value is -1.46. The summed E-state index contributed by atoms with van der Waals surface area (Å²) in [4.78, 5) is 14.2. The van der Waals surface area contributed by atoms with Gasteiger partial charge in [0.2, 0.25) is 0 Å². The van der Waals surface area contributed by atoms with Crippen LogP contribution in [0.5, 0.6) is 0 Å². The summed E-state index contributed by atoms with van der Waals surface area (Å²) in [6, 6.07) is 5.98. The van der Waals surface area contributed by atoms with Crippen LogP contribution in [0.15, 0.2) is 24.3 Å². The summed E-state index contributed by atoms with van der Waals surface area (Å²) in [6.07, 6.45) is 2.48. The van der Waals surface area contributed by atoms with Crippen LogP contribution >= 0.6 is 0 Å². The lowest BCUT2D eigenvalue weighted by Gasteiger charge is -2.27. The number of halogens is 1. The second-order valence-electron chi connectivity index (χ2n) is 5.79. The lowest BCUT2D eigenvalue weighted by Crippen LogP contribution is -2.42. The van der Waals surface area contributed by atoms with E-state index in [4.69, 9.17) is 4.74 Å². The Morgan fingerprint density at radius 3 is 2.62 bits per heavy atom. The van der Waals surface area contributed by atoms with Crippen molar-refractivity contribution < 1.29 is 19.0 Å². The molecule has 0 spiro atoms. The fourth-order valence-electron chi connectivity index (χ4n) is 2.74. The maximum atomic E-state index is 12.9. The number of carbonyl (C=O) groups is 1. The van der Waals surface area contributed by atoms with Gasteiger partial charge in [0.05, 0.1) is 12.6 Å². The summed E-state index contributed by atoms with van der Waals surface area (Å²) in [5.41, 5.74) is 0.627. The number of aliphatic hydroxyl groups excluding tert-OH is 1. The molecular weight excluding hydrogens is 273 g/mol. The third-order valence-electron chi connectivity index (χ3n) is 4.10. The number of nitrogens with zero attached hydrogens (tertiary/aromatic N) is 1. The number of carbonyl (C=O) groups excluding carboxylic acids is 1. The molecule has 4 nitrogen and oxygen atoms in total. The van der Waals surface area contributed by atoms with Gasteiger partial charge in [0.15, 0.2) is 0 Å². The Labute approximate surface area is 123 Å². The number of aliphatic hydroxyl groups is 1. The number of rotatable bonds is 5. The van der Waals surface area contributed by atoms with Crippen molar-refractivity contribution in [2.75, 3.05) is 13.2 Å². The molecule has 1 heterocycles. The largest absolute Gasteiger partial charge is 0.387 e. The van der Waals surface area contributed by atoms with Gasteiger partial charge < -0.3 is 14.7 Å². The highest BCUT2D eigenvalue weighted by Gasteiger charge is 2.38. The average molecular weight is 293 g/mol. The van der Waals surface area contributed by atoms with Crippen LogP contribution in [0.1, 0.15) is 37.4 Å². The first kappa shape index (κ1) is 14.5. The quantitative estimate of drug-likeness (QED) is 0.903. The van der Waals surface area contributed by atoms with E-state index in [9.17, 15) is 14.3 Å². The van der Waals surface area contributed by atoms with E-state index in [2.05, 4.69) is 0 Å². The standard InChI is InChI=1S/C16H20FNO3/c17-12-5-3-11(4-6-12)14(19)10-18(13-7-8-13)16(20)15-2-1-9-21-15/h3-6,13-15,19H,1-2,7-10H2. The van der Waals surface area contributed by atoms with Crippen LogP contribution < -0.4 is 0 Å². The van der Waals surface area contributed by atoms with Gasteiger partial charge in [-0.25, -0.2) is 4.39 Å². The summed E-state index contributed by atoms with van der Waals surface area (Å²) in [6.45, 7) is 0.879. The highest BCUT2D eigenvalue weighted by molar-refractivity contribution is 5.81. The molecular formula is C16H20FNO3. The summed E-state index contributed by atoms with van der Waals surface area (Å²) in [5, 5.41) is 10.3. The molecule has 1 aromatic rings. The molecule has 2 atom stereocenters. The predicted octanol–water partition coefficient (Wildman–Crippen LogP) is 2.03. The fourth-order valence-corrected chi connectivity index (χ4v) is 2.74. The Morgan fingerprint density at radius 1 is 1.33 bits per heavy atom. The molecule has 1 aliphatic carbocycles. The molecule has 1 amide bonds. The third-order valence-corrected chi connectivity index (χ3v) is 4.10.